The number of alkyl halides is 3. The SMILES string of the molecule is CCCC1=CC2=C(c3c(cc(C4=CCC(I)CC4)c(F)c3F)C2)C(F)C1F. The maximum absolute atomic E-state index is 15.0. The largest absolute Gasteiger partial charge is 0.239 e. The molecule has 0 amide bonds. The van der Waals surface area contributed by atoms with Crippen molar-refractivity contribution in [1.29, 1.82) is 0 Å². The van der Waals surface area contributed by atoms with Gasteiger partial charge in [0.15, 0.2) is 24.0 Å². The van der Waals surface area contributed by atoms with E-state index >= 15 is 0 Å². The lowest BCUT2D eigenvalue weighted by atomic mass is 9.86. The highest BCUT2D eigenvalue weighted by atomic mass is 127. The summed E-state index contributed by atoms with van der Waals surface area (Å²) in [5, 5.41) is 0. The minimum Gasteiger partial charge on any atom is -0.239 e. The van der Waals surface area contributed by atoms with Crippen LogP contribution < -0.4 is 0 Å². The molecule has 0 heterocycles. The van der Waals surface area contributed by atoms with E-state index in [0.717, 1.165) is 18.4 Å². The molecule has 0 bridgehead atoms. The lowest BCUT2D eigenvalue weighted by molar-refractivity contribution is 0.236. The van der Waals surface area contributed by atoms with Gasteiger partial charge in [0, 0.05) is 20.6 Å². The van der Waals surface area contributed by atoms with Crippen LogP contribution in [0.2, 0.25) is 0 Å². The van der Waals surface area contributed by atoms with Gasteiger partial charge in [0.25, 0.3) is 0 Å². The molecule has 1 aromatic rings. The predicted octanol–water partition coefficient (Wildman–Crippen LogP) is 7.06. The second-order valence-corrected chi connectivity index (χ2v) is 9.34. The van der Waals surface area contributed by atoms with Crippen molar-refractivity contribution < 1.29 is 17.6 Å². The van der Waals surface area contributed by atoms with Crippen LogP contribution in [0.5, 0.6) is 0 Å². The van der Waals surface area contributed by atoms with Crippen LogP contribution in [-0.2, 0) is 6.42 Å². The van der Waals surface area contributed by atoms with Crippen LogP contribution >= 0.6 is 22.6 Å². The Morgan fingerprint density at radius 1 is 1.15 bits per heavy atom. The zero-order valence-electron chi connectivity index (χ0n) is 15.1. The van der Waals surface area contributed by atoms with E-state index < -0.39 is 24.0 Å². The number of hydrogen-bond donors (Lipinski definition) is 0. The quantitative estimate of drug-likeness (QED) is 0.243. The fraction of sp³-hybridized carbons (Fsp3) is 0.455. The van der Waals surface area contributed by atoms with Gasteiger partial charge in [0.1, 0.15) is 0 Å². The zero-order valence-corrected chi connectivity index (χ0v) is 17.3. The van der Waals surface area contributed by atoms with Gasteiger partial charge >= 0.3 is 0 Å². The molecule has 0 saturated carbocycles. The van der Waals surface area contributed by atoms with Crippen LogP contribution in [0.4, 0.5) is 17.6 Å². The zero-order chi connectivity index (χ0) is 19.3. The highest BCUT2D eigenvalue weighted by Gasteiger charge is 2.40. The monoisotopic (exact) mass is 488 g/mol. The van der Waals surface area contributed by atoms with Gasteiger partial charge in [-0.2, -0.15) is 0 Å². The fourth-order valence-corrected chi connectivity index (χ4v) is 5.00. The van der Waals surface area contributed by atoms with E-state index in [1.807, 2.05) is 13.0 Å². The molecular weight excluding hydrogens is 467 g/mol. The van der Waals surface area contributed by atoms with E-state index in [9.17, 15) is 17.6 Å². The molecule has 5 heteroatoms. The number of hydrogen-bond acceptors (Lipinski definition) is 0. The first kappa shape index (κ1) is 19.2. The third kappa shape index (κ3) is 3.19. The first-order valence-electron chi connectivity index (χ1n) is 9.48. The minimum atomic E-state index is -1.93. The van der Waals surface area contributed by atoms with Crippen molar-refractivity contribution in [2.75, 3.05) is 0 Å². The summed E-state index contributed by atoms with van der Waals surface area (Å²) in [6.45, 7) is 1.91. The third-order valence-corrected chi connectivity index (χ3v) is 6.89. The average Bonchev–Trinajstić information content (AvgIpc) is 3.02. The standard InChI is InChI=1S/C22H21F4I/c1-2-3-12-8-13-9-14-10-16(11-4-6-15(27)7-5-11)20(24)22(26)18(14)17(13)21(25)19(12)23/h4,8,10,15,19,21H,2-3,5-7,9H2,1H3. The van der Waals surface area contributed by atoms with Crippen LogP contribution in [0.25, 0.3) is 11.1 Å². The van der Waals surface area contributed by atoms with Crippen LogP contribution in [0.15, 0.2) is 29.4 Å². The first-order valence-corrected chi connectivity index (χ1v) is 10.7. The Kier molecular flexibility index (Phi) is 5.25. The van der Waals surface area contributed by atoms with E-state index in [1.54, 1.807) is 12.1 Å². The molecule has 0 saturated heterocycles. The smallest absolute Gasteiger partial charge is 0.167 e. The Morgan fingerprint density at radius 2 is 1.93 bits per heavy atom. The summed E-state index contributed by atoms with van der Waals surface area (Å²) in [6, 6.07) is 1.65. The van der Waals surface area contributed by atoms with Crippen molar-refractivity contribution in [1.82, 2.24) is 0 Å². The Balaban J connectivity index is 1.79. The van der Waals surface area contributed by atoms with E-state index in [2.05, 4.69) is 22.6 Å². The molecule has 0 nitrogen and oxygen atoms in total. The van der Waals surface area contributed by atoms with Gasteiger partial charge in [0.2, 0.25) is 0 Å². The van der Waals surface area contributed by atoms with Crippen molar-refractivity contribution in [2.24, 2.45) is 0 Å². The van der Waals surface area contributed by atoms with E-state index in [4.69, 9.17) is 0 Å². The molecule has 144 valence electrons. The maximum atomic E-state index is 15.0. The first-order chi connectivity index (χ1) is 12.9. The highest BCUT2D eigenvalue weighted by Crippen LogP contribution is 2.47. The molecule has 0 fully saturated rings. The molecule has 1 aromatic carbocycles. The highest BCUT2D eigenvalue weighted by molar-refractivity contribution is 14.1. The number of halogens is 5. The summed E-state index contributed by atoms with van der Waals surface area (Å²) in [4.78, 5) is 0. The van der Waals surface area contributed by atoms with Gasteiger partial charge in [-0.05, 0) is 60.5 Å². The van der Waals surface area contributed by atoms with Crippen molar-refractivity contribution in [3.05, 3.63) is 57.7 Å². The molecule has 3 atom stereocenters. The summed E-state index contributed by atoms with van der Waals surface area (Å²) < 4.78 is 59.6. The molecule has 3 unspecified atom stereocenters. The Morgan fingerprint density at radius 3 is 2.59 bits per heavy atom. The number of benzene rings is 1. The van der Waals surface area contributed by atoms with Crippen LogP contribution in [0.1, 0.15) is 55.7 Å². The van der Waals surface area contributed by atoms with Gasteiger partial charge < -0.3 is 0 Å². The van der Waals surface area contributed by atoms with Crippen molar-refractivity contribution in [2.45, 2.75) is 61.7 Å². The van der Waals surface area contributed by atoms with Gasteiger partial charge in [-0.25, -0.2) is 17.6 Å². The number of fused-ring (bicyclic) bond motifs is 2. The molecule has 0 aliphatic heterocycles. The Labute approximate surface area is 170 Å². The fourth-order valence-electron chi connectivity index (χ4n) is 4.43. The molecule has 0 aromatic heterocycles. The summed E-state index contributed by atoms with van der Waals surface area (Å²) in [6.07, 6.45) is 3.92. The third-order valence-electron chi connectivity index (χ3n) is 5.76. The molecule has 3 aliphatic rings. The molecule has 0 radical (unpaired) electrons. The van der Waals surface area contributed by atoms with Crippen LogP contribution in [-0.4, -0.2) is 16.3 Å². The summed E-state index contributed by atoms with van der Waals surface area (Å²) in [7, 11) is 0. The lowest BCUT2D eigenvalue weighted by Gasteiger charge is -2.24. The van der Waals surface area contributed by atoms with Gasteiger partial charge in [-0.15, -0.1) is 0 Å². The molecule has 0 N–H and O–H groups in total. The van der Waals surface area contributed by atoms with Crippen molar-refractivity contribution in [3.8, 4) is 0 Å². The summed E-state index contributed by atoms with van der Waals surface area (Å²) >= 11 is 2.36. The van der Waals surface area contributed by atoms with Gasteiger partial charge in [0.05, 0.1) is 0 Å². The van der Waals surface area contributed by atoms with Crippen molar-refractivity contribution in [3.63, 3.8) is 0 Å². The molecule has 3 aliphatic carbocycles. The molecule has 0 spiro atoms. The second kappa shape index (κ2) is 7.37. The van der Waals surface area contributed by atoms with Gasteiger partial charge in [-0.1, -0.05) is 48.1 Å². The van der Waals surface area contributed by atoms with Crippen molar-refractivity contribution >= 4 is 33.7 Å². The summed E-state index contributed by atoms with van der Waals surface area (Å²) in [5.41, 5.74) is 2.61. The van der Waals surface area contributed by atoms with E-state index in [-0.39, 0.29) is 16.7 Å². The van der Waals surface area contributed by atoms with Crippen LogP contribution in [0, 0.1) is 11.6 Å². The molecule has 27 heavy (non-hydrogen) atoms. The molecular formula is C22H21F4I. The maximum Gasteiger partial charge on any atom is 0.167 e. The van der Waals surface area contributed by atoms with E-state index in [0.29, 0.717) is 46.3 Å². The lowest BCUT2D eigenvalue weighted by Crippen LogP contribution is -2.25. The summed E-state index contributed by atoms with van der Waals surface area (Å²) in [5.74, 6) is -1.97. The Bertz CT molecular complexity index is 881. The number of allylic oxidation sites excluding steroid dienone is 6. The predicted molar refractivity (Wildman–Crippen MR) is 109 cm³/mol. The van der Waals surface area contributed by atoms with Crippen LogP contribution in [0.3, 0.4) is 0 Å². The van der Waals surface area contributed by atoms with Gasteiger partial charge in [-0.3, -0.25) is 0 Å². The minimum absolute atomic E-state index is 0.00486. The number of rotatable bonds is 3. The Hall–Kier alpha value is -1.11. The normalized spacial score (nSPS) is 27.3. The second-order valence-electron chi connectivity index (χ2n) is 7.58. The molecule has 4 rings (SSSR count). The average molecular weight is 488 g/mol. The topological polar surface area (TPSA) is 0 Å². The van der Waals surface area contributed by atoms with E-state index in [1.165, 1.54) is 0 Å².